The van der Waals surface area contributed by atoms with Gasteiger partial charge in [0.2, 0.25) is 0 Å². The summed E-state index contributed by atoms with van der Waals surface area (Å²) in [5.74, 6) is -0.932. The quantitative estimate of drug-likeness (QED) is 0.307. The zero-order chi connectivity index (χ0) is 25.7. The lowest BCUT2D eigenvalue weighted by Crippen LogP contribution is -2.37. The van der Waals surface area contributed by atoms with Crippen molar-refractivity contribution in [2.45, 2.75) is 31.9 Å². The number of aromatic nitrogens is 2. The second-order valence-corrected chi connectivity index (χ2v) is 10.7. The maximum Gasteiger partial charge on any atom is 0.259 e. The molecule has 6 rings (SSSR count). The summed E-state index contributed by atoms with van der Waals surface area (Å²) in [7, 11) is 0. The maximum absolute atomic E-state index is 13.2. The molecule has 0 aliphatic carbocycles. The van der Waals surface area contributed by atoms with Crippen LogP contribution in [0.2, 0.25) is 10.0 Å². The van der Waals surface area contributed by atoms with Gasteiger partial charge >= 0.3 is 0 Å². The number of hydrogen-bond acceptors (Lipinski definition) is 4. The Morgan fingerprint density at radius 1 is 0.865 bits per heavy atom. The number of β-amino-alcohol motifs (C(OH)–C–C–N with tert-alkyl or cyclic N) is 1. The van der Waals surface area contributed by atoms with Gasteiger partial charge in [0.15, 0.2) is 0 Å². The Morgan fingerprint density at radius 3 is 2.30 bits per heavy atom. The number of hydrogen-bond donors (Lipinski definition) is 3. The summed E-state index contributed by atoms with van der Waals surface area (Å²) >= 11 is 12.6. The minimum absolute atomic E-state index is 0.280. The molecule has 7 nitrogen and oxygen atoms in total. The van der Waals surface area contributed by atoms with E-state index in [1.54, 1.807) is 30.5 Å². The van der Waals surface area contributed by atoms with Gasteiger partial charge in [-0.05, 0) is 62.3 Å². The zero-order valence-electron chi connectivity index (χ0n) is 20.1. The number of fused-ring (bicyclic) bond motifs is 2. The Labute approximate surface area is 223 Å². The van der Waals surface area contributed by atoms with Gasteiger partial charge in [-0.15, -0.1) is 0 Å². The first-order chi connectivity index (χ1) is 17.9. The predicted molar refractivity (Wildman–Crippen MR) is 147 cm³/mol. The highest BCUT2D eigenvalue weighted by Crippen LogP contribution is 2.39. The summed E-state index contributed by atoms with van der Waals surface area (Å²) in [6.07, 6.45) is 6.53. The van der Waals surface area contributed by atoms with Crippen molar-refractivity contribution in [2.75, 3.05) is 19.6 Å². The van der Waals surface area contributed by atoms with Crippen LogP contribution >= 0.6 is 23.2 Å². The number of nitrogens with zero attached hydrogens (tertiary/aromatic N) is 2. The average molecular weight is 537 g/mol. The predicted octanol–water partition coefficient (Wildman–Crippen LogP) is 4.84. The number of halogens is 2. The Balaban J connectivity index is 1.47. The molecule has 190 valence electrons. The Kier molecular flexibility index (Phi) is 6.32. The smallest absolute Gasteiger partial charge is 0.259 e. The second-order valence-electron chi connectivity index (χ2n) is 9.80. The molecule has 0 radical (unpaired) electrons. The van der Waals surface area contributed by atoms with Gasteiger partial charge in [0, 0.05) is 68.5 Å². The number of likely N-dealkylation sites (tertiary alicyclic amines) is 1. The number of rotatable bonds is 6. The number of benzene rings is 2. The number of amides is 2. The summed E-state index contributed by atoms with van der Waals surface area (Å²) in [5.41, 5.74) is 3.40. The Hall–Kier alpha value is -3.10. The number of aromatic amines is 1. The highest BCUT2D eigenvalue weighted by atomic mass is 35.5. The Morgan fingerprint density at radius 2 is 1.54 bits per heavy atom. The first-order valence-electron chi connectivity index (χ1n) is 12.4. The van der Waals surface area contributed by atoms with Crippen molar-refractivity contribution in [3.8, 4) is 0 Å². The molecule has 2 aromatic carbocycles. The first kappa shape index (κ1) is 24.2. The number of carbonyl (C=O) groups is 2. The average Bonchev–Trinajstić information content (AvgIpc) is 3.51. The largest absolute Gasteiger partial charge is 0.390 e. The molecule has 1 saturated heterocycles. The maximum atomic E-state index is 13.2. The normalized spacial score (nSPS) is 17.8. The van der Waals surface area contributed by atoms with Crippen molar-refractivity contribution < 1.29 is 14.7 Å². The number of carbonyl (C=O) groups excluding carboxylic acids is 2. The fourth-order valence-electron chi connectivity index (χ4n) is 5.61. The Bertz CT molecular complexity index is 1580. The third-order valence-electron chi connectivity index (χ3n) is 7.28. The van der Waals surface area contributed by atoms with Gasteiger partial charge in [-0.3, -0.25) is 14.9 Å². The van der Waals surface area contributed by atoms with E-state index in [0.29, 0.717) is 34.3 Å². The molecule has 0 spiro atoms. The van der Waals surface area contributed by atoms with E-state index in [2.05, 4.69) is 15.2 Å². The van der Waals surface area contributed by atoms with Crippen molar-refractivity contribution in [1.29, 1.82) is 0 Å². The molecule has 2 amide bonds. The lowest BCUT2D eigenvalue weighted by molar-refractivity contribution is -0.122. The molecule has 0 bridgehead atoms. The van der Waals surface area contributed by atoms with Gasteiger partial charge in [-0.1, -0.05) is 29.6 Å². The van der Waals surface area contributed by atoms with E-state index in [4.69, 9.17) is 23.2 Å². The lowest BCUT2D eigenvalue weighted by atomic mass is 9.95. The number of aliphatic hydroxyl groups is 1. The molecular weight excluding hydrogens is 511 g/mol. The van der Waals surface area contributed by atoms with Crippen LogP contribution in [0.5, 0.6) is 0 Å². The van der Waals surface area contributed by atoms with Gasteiger partial charge in [0.25, 0.3) is 11.8 Å². The van der Waals surface area contributed by atoms with E-state index in [1.807, 2.05) is 22.9 Å². The fraction of sp³-hybridized carbons (Fsp3) is 0.286. The zero-order valence-corrected chi connectivity index (χ0v) is 21.6. The van der Waals surface area contributed by atoms with Crippen LogP contribution in [0, 0.1) is 0 Å². The summed E-state index contributed by atoms with van der Waals surface area (Å²) < 4.78 is 1.95. The highest BCUT2D eigenvalue weighted by molar-refractivity contribution is 6.51. The molecule has 37 heavy (non-hydrogen) atoms. The third-order valence-corrected chi connectivity index (χ3v) is 7.75. The van der Waals surface area contributed by atoms with Crippen LogP contribution in [0.3, 0.4) is 0 Å². The van der Waals surface area contributed by atoms with E-state index in [9.17, 15) is 14.7 Å². The fourth-order valence-corrected chi connectivity index (χ4v) is 5.96. The number of aliphatic hydroxyl groups excluding tert-OH is 1. The van der Waals surface area contributed by atoms with Crippen LogP contribution in [0.1, 0.15) is 30.4 Å². The van der Waals surface area contributed by atoms with Gasteiger partial charge in [-0.2, -0.15) is 0 Å². The molecule has 2 aromatic heterocycles. The molecule has 1 fully saturated rings. The van der Waals surface area contributed by atoms with Crippen molar-refractivity contribution in [1.82, 2.24) is 19.8 Å². The molecule has 2 aliphatic heterocycles. The number of imide groups is 1. The van der Waals surface area contributed by atoms with Crippen molar-refractivity contribution >= 4 is 68.0 Å². The third kappa shape index (κ3) is 4.46. The molecule has 3 N–H and O–H groups in total. The lowest BCUT2D eigenvalue weighted by Gasteiger charge is -2.28. The molecule has 4 heterocycles. The molecular formula is C28H26Cl2N4O3. The standard InChI is InChI=1S/C28H26Cl2N4O3/c29-16-4-6-23-19(10-16)21(12-31-23)25-26(28(37)32-27(25)36)22-15-34(24-7-5-17(30)11-20(22)24)14-18(35)13-33-8-2-1-3-9-33/h4-7,10-12,15,18,31,35H,1-3,8-9,13-14H2,(H,32,36,37). The summed E-state index contributed by atoms with van der Waals surface area (Å²) in [6.45, 7) is 2.94. The van der Waals surface area contributed by atoms with Crippen molar-refractivity contribution in [3.05, 3.63) is 70.0 Å². The topological polar surface area (TPSA) is 90.4 Å². The molecule has 2 aliphatic rings. The SMILES string of the molecule is O=C1NC(=O)C(c2cn(CC(O)CN3CCCCC3)c3ccc(Cl)cc23)=C1c1c[nH]c2ccc(Cl)cc12. The number of nitrogens with one attached hydrogen (secondary N) is 2. The van der Waals surface area contributed by atoms with Crippen LogP contribution in [0.15, 0.2) is 48.8 Å². The van der Waals surface area contributed by atoms with Gasteiger partial charge in [0.1, 0.15) is 0 Å². The molecule has 1 atom stereocenters. The first-order valence-corrected chi connectivity index (χ1v) is 13.2. The van der Waals surface area contributed by atoms with Crippen LogP contribution < -0.4 is 5.32 Å². The minimum Gasteiger partial charge on any atom is -0.390 e. The number of piperidine rings is 1. The van der Waals surface area contributed by atoms with E-state index in [-0.39, 0.29) is 11.1 Å². The second kappa shape index (κ2) is 9.65. The van der Waals surface area contributed by atoms with Crippen molar-refractivity contribution in [2.24, 2.45) is 0 Å². The number of H-pyrrole nitrogens is 1. The van der Waals surface area contributed by atoms with E-state index >= 15 is 0 Å². The van der Waals surface area contributed by atoms with Crippen LogP contribution in [0.4, 0.5) is 0 Å². The summed E-state index contributed by atoms with van der Waals surface area (Å²) in [6, 6.07) is 10.9. The van der Waals surface area contributed by atoms with E-state index in [1.165, 1.54) is 6.42 Å². The molecule has 4 aromatic rings. The molecule has 0 saturated carbocycles. The minimum atomic E-state index is -0.583. The summed E-state index contributed by atoms with van der Waals surface area (Å²) in [5, 5.41) is 16.0. The van der Waals surface area contributed by atoms with E-state index < -0.39 is 17.9 Å². The van der Waals surface area contributed by atoms with Gasteiger partial charge in [0.05, 0.1) is 17.3 Å². The van der Waals surface area contributed by atoms with Gasteiger partial charge in [-0.25, -0.2) is 0 Å². The van der Waals surface area contributed by atoms with Gasteiger partial charge < -0.3 is 19.6 Å². The molecule has 9 heteroatoms. The summed E-state index contributed by atoms with van der Waals surface area (Å²) in [4.78, 5) is 31.7. The highest BCUT2D eigenvalue weighted by Gasteiger charge is 2.35. The van der Waals surface area contributed by atoms with Crippen LogP contribution in [0.25, 0.3) is 33.0 Å². The van der Waals surface area contributed by atoms with Crippen LogP contribution in [-0.2, 0) is 16.1 Å². The van der Waals surface area contributed by atoms with E-state index in [0.717, 1.165) is 47.7 Å². The monoisotopic (exact) mass is 536 g/mol. The van der Waals surface area contributed by atoms with Crippen molar-refractivity contribution in [3.63, 3.8) is 0 Å². The van der Waals surface area contributed by atoms with Crippen LogP contribution in [-0.4, -0.2) is 57.1 Å². The molecule has 1 unspecified atom stereocenters.